The van der Waals surface area contributed by atoms with Gasteiger partial charge in [-0.3, -0.25) is 0 Å². The minimum atomic E-state index is -0.274. The first-order valence-electron chi connectivity index (χ1n) is 8.65. The van der Waals surface area contributed by atoms with Crippen molar-refractivity contribution in [1.82, 2.24) is 19.9 Å². The Bertz CT molecular complexity index is 783. The van der Waals surface area contributed by atoms with Crippen molar-refractivity contribution < 1.29 is 4.39 Å². The van der Waals surface area contributed by atoms with Crippen LogP contribution in [0.5, 0.6) is 0 Å². The third kappa shape index (κ3) is 4.66. The minimum Gasteiger partial charge on any atom is -0.236 e. The summed E-state index contributed by atoms with van der Waals surface area (Å²) < 4.78 is 13.0. The predicted octanol–water partition coefficient (Wildman–Crippen LogP) is 4.86. The molecule has 0 radical (unpaired) electrons. The van der Waals surface area contributed by atoms with Crippen LogP contribution in [0.4, 0.5) is 4.39 Å². The van der Waals surface area contributed by atoms with Crippen LogP contribution in [0.15, 0.2) is 49.1 Å². The molecule has 0 unspecified atom stereocenters. The van der Waals surface area contributed by atoms with Gasteiger partial charge in [-0.05, 0) is 42.7 Å². The number of rotatable bonds is 7. The molecule has 0 atom stereocenters. The molecular weight excluding hydrogens is 315 g/mol. The van der Waals surface area contributed by atoms with Crippen LogP contribution in [0.2, 0.25) is 0 Å². The molecule has 1 aromatic carbocycles. The molecule has 25 heavy (non-hydrogen) atoms. The Morgan fingerprint density at radius 3 is 1.96 bits per heavy atom. The first-order chi connectivity index (χ1) is 12.3. The van der Waals surface area contributed by atoms with Gasteiger partial charge in [-0.2, -0.15) is 0 Å². The van der Waals surface area contributed by atoms with E-state index in [-0.39, 0.29) is 5.82 Å². The van der Waals surface area contributed by atoms with Gasteiger partial charge in [0.1, 0.15) is 5.82 Å². The first kappa shape index (κ1) is 17.1. The molecule has 3 aromatic rings. The molecule has 2 aromatic heterocycles. The molecule has 0 aliphatic carbocycles. The maximum Gasteiger partial charge on any atom is 0.162 e. The molecule has 0 amide bonds. The van der Waals surface area contributed by atoms with Gasteiger partial charge in [0.05, 0.1) is 5.56 Å². The molecule has 0 aliphatic heterocycles. The van der Waals surface area contributed by atoms with Gasteiger partial charge in [-0.25, -0.2) is 24.3 Å². The molecule has 128 valence electrons. The van der Waals surface area contributed by atoms with Crippen molar-refractivity contribution in [3.8, 4) is 22.8 Å². The Kier molecular flexibility index (Phi) is 5.77. The summed E-state index contributed by atoms with van der Waals surface area (Å²) in [7, 11) is 0. The molecule has 0 fully saturated rings. The second kappa shape index (κ2) is 8.42. The summed E-state index contributed by atoms with van der Waals surface area (Å²) in [5.74, 6) is 0.891. The van der Waals surface area contributed by atoms with Gasteiger partial charge in [0, 0.05) is 30.4 Å². The van der Waals surface area contributed by atoms with Crippen molar-refractivity contribution in [2.24, 2.45) is 0 Å². The molecule has 5 heteroatoms. The summed E-state index contributed by atoms with van der Waals surface area (Å²) in [5.41, 5.74) is 2.70. The van der Waals surface area contributed by atoms with Crippen molar-refractivity contribution in [2.75, 3.05) is 0 Å². The third-order valence-corrected chi connectivity index (χ3v) is 4.04. The average Bonchev–Trinajstić information content (AvgIpc) is 2.67. The maximum atomic E-state index is 13.0. The van der Waals surface area contributed by atoms with Crippen molar-refractivity contribution in [3.63, 3.8) is 0 Å². The topological polar surface area (TPSA) is 51.6 Å². The third-order valence-electron chi connectivity index (χ3n) is 4.04. The molecule has 0 N–H and O–H groups in total. The van der Waals surface area contributed by atoms with E-state index in [4.69, 9.17) is 0 Å². The van der Waals surface area contributed by atoms with E-state index in [1.165, 1.54) is 37.8 Å². The molecule has 0 aliphatic rings. The zero-order chi connectivity index (χ0) is 17.5. The number of benzene rings is 1. The minimum absolute atomic E-state index is 0.274. The van der Waals surface area contributed by atoms with Crippen molar-refractivity contribution in [2.45, 2.75) is 39.0 Å². The maximum absolute atomic E-state index is 13.0. The quantitative estimate of drug-likeness (QED) is 0.578. The highest BCUT2D eigenvalue weighted by Crippen LogP contribution is 2.18. The lowest BCUT2D eigenvalue weighted by Crippen LogP contribution is -1.95. The summed E-state index contributed by atoms with van der Waals surface area (Å²) in [6, 6.07) is 6.12. The smallest absolute Gasteiger partial charge is 0.162 e. The highest BCUT2D eigenvalue weighted by molar-refractivity contribution is 5.58. The lowest BCUT2D eigenvalue weighted by Gasteiger charge is -2.04. The van der Waals surface area contributed by atoms with Crippen molar-refractivity contribution >= 4 is 0 Å². The summed E-state index contributed by atoms with van der Waals surface area (Å²) >= 11 is 0. The van der Waals surface area contributed by atoms with E-state index < -0.39 is 0 Å². The monoisotopic (exact) mass is 336 g/mol. The van der Waals surface area contributed by atoms with Crippen LogP contribution in [0, 0.1) is 5.82 Å². The molecule has 0 bridgehead atoms. The average molecular weight is 336 g/mol. The van der Waals surface area contributed by atoms with Gasteiger partial charge in [0.15, 0.2) is 11.6 Å². The Morgan fingerprint density at radius 2 is 1.32 bits per heavy atom. The summed E-state index contributed by atoms with van der Waals surface area (Å²) in [6.07, 6.45) is 13.1. The van der Waals surface area contributed by atoms with Gasteiger partial charge in [-0.15, -0.1) is 0 Å². The van der Waals surface area contributed by atoms with Crippen LogP contribution >= 0.6 is 0 Å². The number of aryl methyl sites for hydroxylation is 1. The molecule has 4 nitrogen and oxygen atoms in total. The highest BCUT2D eigenvalue weighted by Gasteiger charge is 2.06. The molecule has 2 heterocycles. The number of halogens is 1. The summed E-state index contributed by atoms with van der Waals surface area (Å²) in [4.78, 5) is 17.5. The van der Waals surface area contributed by atoms with Crippen LogP contribution in [-0.2, 0) is 6.42 Å². The van der Waals surface area contributed by atoms with E-state index in [1.54, 1.807) is 24.5 Å². The lowest BCUT2D eigenvalue weighted by atomic mass is 10.1. The van der Waals surface area contributed by atoms with E-state index >= 15 is 0 Å². The SMILES string of the molecule is CCCCCCc1cnc(-c2cnc(-c3ccc(F)cc3)nc2)nc1. The normalized spacial score (nSPS) is 10.8. The fourth-order valence-corrected chi connectivity index (χ4v) is 2.58. The zero-order valence-electron chi connectivity index (χ0n) is 14.3. The van der Waals surface area contributed by atoms with E-state index in [2.05, 4.69) is 26.9 Å². The predicted molar refractivity (Wildman–Crippen MR) is 96.3 cm³/mol. The van der Waals surface area contributed by atoms with Crippen LogP contribution in [0.3, 0.4) is 0 Å². The second-order valence-corrected chi connectivity index (χ2v) is 6.03. The van der Waals surface area contributed by atoms with Crippen molar-refractivity contribution in [1.29, 1.82) is 0 Å². The fourth-order valence-electron chi connectivity index (χ4n) is 2.58. The fraction of sp³-hybridized carbons (Fsp3) is 0.300. The van der Waals surface area contributed by atoms with Crippen LogP contribution in [0.1, 0.15) is 38.2 Å². The Labute approximate surface area is 147 Å². The van der Waals surface area contributed by atoms with Gasteiger partial charge < -0.3 is 0 Å². The number of nitrogens with zero attached hydrogens (tertiary/aromatic N) is 4. The van der Waals surface area contributed by atoms with Crippen molar-refractivity contribution in [3.05, 3.63) is 60.4 Å². The van der Waals surface area contributed by atoms with E-state index in [0.717, 1.165) is 23.1 Å². The van der Waals surface area contributed by atoms with Gasteiger partial charge in [0.2, 0.25) is 0 Å². The van der Waals surface area contributed by atoms with E-state index in [1.807, 2.05) is 12.4 Å². The number of aromatic nitrogens is 4. The molecule has 0 saturated carbocycles. The summed E-state index contributed by atoms with van der Waals surface area (Å²) in [6.45, 7) is 2.21. The molecule has 3 rings (SSSR count). The van der Waals surface area contributed by atoms with Gasteiger partial charge >= 0.3 is 0 Å². The molecule has 0 saturated heterocycles. The Balaban J connectivity index is 1.66. The lowest BCUT2D eigenvalue weighted by molar-refractivity contribution is 0.628. The molecule has 0 spiro atoms. The zero-order valence-corrected chi connectivity index (χ0v) is 14.3. The first-order valence-corrected chi connectivity index (χ1v) is 8.65. The summed E-state index contributed by atoms with van der Waals surface area (Å²) in [5, 5.41) is 0. The number of hydrogen-bond acceptors (Lipinski definition) is 4. The Hall–Kier alpha value is -2.69. The largest absolute Gasteiger partial charge is 0.236 e. The van der Waals surface area contributed by atoms with Crippen LogP contribution < -0.4 is 0 Å². The molecular formula is C20H21FN4. The van der Waals surface area contributed by atoms with Gasteiger partial charge in [0.25, 0.3) is 0 Å². The van der Waals surface area contributed by atoms with E-state index in [9.17, 15) is 4.39 Å². The number of unbranched alkanes of at least 4 members (excludes halogenated alkanes) is 3. The van der Waals surface area contributed by atoms with Gasteiger partial charge in [-0.1, -0.05) is 26.2 Å². The highest BCUT2D eigenvalue weighted by atomic mass is 19.1. The number of hydrogen-bond donors (Lipinski definition) is 0. The van der Waals surface area contributed by atoms with Crippen LogP contribution in [-0.4, -0.2) is 19.9 Å². The van der Waals surface area contributed by atoms with Crippen LogP contribution in [0.25, 0.3) is 22.8 Å². The Morgan fingerprint density at radius 1 is 0.720 bits per heavy atom. The standard InChI is InChI=1S/C20H21FN4/c1-2-3-4-5-6-15-11-22-20(23-12-15)17-13-24-19(25-14-17)16-7-9-18(21)10-8-16/h7-14H,2-6H2,1H3. The van der Waals surface area contributed by atoms with E-state index in [0.29, 0.717) is 11.6 Å². The second-order valence-electron chi connectivity index (χ2n) is 6.03.